The molecule has 1 aromatic heterocycles. The van der Waals surface area contributed by atoms with Crippen molar-refractivity contribution in [2.24, 2.45) is 5.92 Å². The molecule has 102 valence electrons. The molecule has 1 atom stereocenters. The molecule has 0 aliphatic carbocycles. The Labute approximate surface area is 116 Å². The second kappa shape index (κ2) is 5.52. The summed E-state index contributed by atoms with van der Waals surface area (Å²) in [5, 5.41) is -0.751. The van der Waals surface area contributed by atoms with E-state index in [1.807, 2.05) is 0 Å². The molecule has 0 bridgehead atoms. The summed E-state index contributed by atoms with van der Waals surface area (Å²) < 4.78 is 23.7. The fraction of sp³-hybridized carbons (Fsp3) is 0.636. The highest BCUT2D eigenvalue weighted by Gasteiger charge is 2.22. The average Bonchev–Trinajstić information content (AvgIpc) is 2.21. The van der Waals surface area contributed by atoms with Gasteiger partial charge in [0.1, 0.15) is 16.9 Å². The topological polar surface area (TPSA) is 85.9 Å². The van der Waals surface area contributed by atoms with Crippen molar-refractivity contribution < 1.29 is 8.42 Å². The average molecular weight is 336 g/mol. The van der Waals surface area contributed by atoms with Crippen LogP contribution in [0.25, 0.3) is 0 Å². The molecule has 0 saturated carbocycles. The van der Waals surface area contributed by atoms with E-state index in [1.54, 1.807) is 6.92 Å². The van der Waals surface area contributed by atoms with Gasteiger partial charge in [0.2, 0.25) is 0 Å². The Morgan fingerprint density at radius 3 is 2.28 bits per heavy atom. The Morgan fingerprint density at radius 1 is 1.28 bits per heavy atom. The summed E-state index contributed by atoms with van der Waals surface area (Å²) in [5.74, 6) is 0.942. The first-order chi connectivity index (χ1) is 8.12. The van der Waals surface area contributed by atoms with Crippen LogP contribution in [0.1, 0.15) is 37.5 Å². The lowest BCUT2D eigenvalue weighted by atomic mass is 10.1. The van der Waals surface area contributed by atoms with Crippen LogP contribution >= 0.6 is 15.9 Å². The van der Waals surface area contributed by atoms with E-state index in [2.05, 4.69) is 39.7 Å². The van der Waals surface area contributed by atoms with Gasteiger partial charge in [-0.3, -0.25) is 0 Å². The Morgan fingerprint density at radius 2 is 1.83 bits per heavy atom. The van der Waals surface area contributed by atoms with Gasteiger partial charge in [-0.15, -0.1) is 0 Å². The van der Waals surface area contributed by atoms with E-state index in [0.29, 0.717) is 10.4 Å². The zero-order chi connectivity index (χ0) is 14.1. The predicted molar refractivity (Wildman–Crippen MR) is 75.9 cm³/mol. The number of sulfone groups is 1. The quantitative estimate of drug-likeness (QED) is 0.910. The standard InChI is InChI=1S/C11H18BrN3O2S/c1-6(2)5-8-9(12)10(13)15-11(14-8)7(3)18(4,16)17/h6-7H,5H2,1-4H3,(H2,13,14,15). The van der Waals surface area contributed by atoms with Crippen LogP contribution in [-0.4, -0.2) is 24.6 Å². The van der Waals surface area contributed by atoms with E-state index < -0.39 is 15.1 Å². The van der Waals surface area contributed by atoms with Gasteiger partial charge in [0.15, 0.2) is 9.84 Å². The second-order valence-electron chi connectivity index (χ2n) is 4.80. The van der Waals surface area contributed by atoms with Gasteiger partial charge in [-0.05, 0) is 35.2 Å². The van der Waals surface area contributed by atoms with Crippen molar-refractivity contribution in [3.8, 4) is 0 Å². The molecule has 0 aliphatic heterocycles. The highest BCUT2D eigenvalue weighted by Crippen LogP contribution is 2.27. The Kier molecular flexibility index (Phi) is 4.72. The van der Waals surface area contributed by atoms with Gasteiger partial charge in [-0.1, -0.05) is 13.8 Å². The molecule has 0 amide bonds. The number of nitrogens with zero attached hydrogens (tertiary/aromatic N) is 2. The van der Waals surface area contributed by atoms with Crippen LogP contribution in [0.4, 0.5) is 5.82 Å². The Hall–Kier alpha value is -0.690. The maximum absolute atomic E-state index is 11.5. The van der Waals surface area contributed by atoms with Crippen LogP contribution in [0.2, 0.25) is 0 Å². The number of anilines is 1. The van der Waals surface area contributed by atoms with E-state index in [-0.39, 0.29) is 11.6 Å². The van der Waals surface area contributed by atoms with Gasteiger partial charge in [0.05, 0.1) is 10.2 Å². The summed E-state index contributed by atoms with van der Waals surface area (Å²) in [6.45, 7) is 5.69. The molecular weight excluding hydrogens is 318 g/mol. The van der Waals surface area contributed by atoms with E-state index in [0.717, 1.165) is 12.1 Å². The van der Waals surface area contributed by atoms with Crippen molar-refractivity contribution in [2.75, 3.05) is 12.0 Å². The molecule has 1 rings (SSSR count). The van der Waals surface area contributed by atoms with E-state index in [9.17, 15) is 8.42 Å². The lowest BCUT2D eigenvalue weighted by molar-refractivity contribution is 0.587. The number of halogens is 1. The highest BCUT2D eigenvalue weighted by atomic mass is 79.9. The van der Waals surface area contributed by atoms with Gasteiger partial charge in [0.25, 0.3) is 0 Å². The fourth-order valence-electron chi connectivity index (χ4n) is 1.43. The minimum Gasteiger partial charge on any atom is -0.383 e. The summed E-state index contributed by atoms with van der Waals surface area (Å²) in [6, 6.07) is 0. The van der Waals surface area contributed by atoms with E-state index in [1.165, 1.54) is 6.26 Å². The molecule has 0 aromatic carbocycles. The van der Waals surface area contributed by atoms with Crippen LogP contribution in [0, 0.1) is 5.92 Å². The van der Waals surface area contributed by atoms with Gasteiger partial charge in [0, 0.05) is 6.26 Å². The predicted octanol–water partition coefficient (Wildman–Crippen LogP) is 2.13. The second-order valence-corrected chi connectivity index (χ2v) is 7.96. The molecule has 0 spiro atoms. The molecule has 5 nitrogen and oxygen atoms in total. The number of aromatic nitrogens is 2. The first-order valence-corrected chi connectivity index (χ1v) is 8.38. The molecule has 2 N–H and O–H groups in total. The lowest BCUT2D eigenvalue weighted by Gasteiger charge is -2.13. The first-order valence-electron chi connectivity index (χ1n) is 5.63. The SMILES string of the molecule is CC(C)Cc1nc(C(C)S(C)(=O)=O)nc(N)c1Br. The van der Waals surface area contributed by atoms with Gasteiger partial charge < -0.3 is 5.73 Å². The molecule has 1 unspecified atom stereocenters. The lowest BCUT2D eigenvalue weighted by Crippen LogP contribution is -2.15. The van der Waals surface area contributed by atoms with Crippen molar-refractivity contribution in [1.29, 1.82) is 0 Å². The number of nitrogen functional groups attached to an aromatic ring is 1. The smallest absolute Gasteiger partial charge is 0.157 e. The zero-order valence-corrected chi connectivity index (χ0v) is 13.3. The van der Waals surface area contributed by atoms with Gasteiger partial charge in [-0.2, -0.15) is 0 Å². The minimum absolute atomic E-state index is 0.258. The third kappa shape index (κ3) is 3.65. The Balaban J connectivity index is 3.28. The first kappa shape index (κ1) is 15.4. The number of hydrogen-bond donors (Lipinski definition) is 1. The molecule has 18 heavy (non-hydrogen) atoms. The Bertz CT molecular complexity index is 543. The molecule has 0 radical (unpaired) electrons. The van der Waals surface area contributed by atoms with Crippen molar-refractivity contribution in [3.05, 3.63) is 16.0 Å². The number of nitrogens with two attached hydrogens (primary N) is 1. The summed E-state index contributed by atoms with van der Waals surface area (Å²) in [4.78, 5) is 8.37. The maximum atomic E-state index is 11.5. The number of rotatable bonds is 4. The summed E-state index contributed by atoms with van der Waals surface area (Å²) in [6.07, 6.45) is 1.89. The number of hydrogen-bond acceptors (Lipinski definition) is 5. The molecule has 0 aliphatic rings. The van der Waals surface area contributed by atoms with Crippen molar-refractivity contribution >= 4 is 31.6 Å². The molecule has 7 heteroatoms. The summed E-state index contributed by atoms with van der Waals surface area (Å²) >= 11 is 3.34. The minimum atomic E-state index is -3.23. The molecule has 0 saturated heterocycles. The largest absolute Gasteiger partial charge is 0.383 e. The van der Waals surface area contributed by atoms with Crippen LogP contribution in [0.15, 0.2) is 4.47 Å². The molecule has 1 heterocycles. The van der Waals surface area contributed by atoms with Crippen LogP contribution in [0.5, 0.6) is 0 Å². The summed E-state index contributed by atoms with van der Waals surface area (Å²) in [5.41, 5.74) is 6.54. The molecule has 1 aromatic rings. The fourth-order valence-corrected chi connectivity index (χ4v) is 2.26. The van der Waals surface area contributed by atoms with Gasteiger partial charge >= 0.3 is 0 Å². The van der Waals surface area contributed by atoms with Crippen LogP contribution < -0.4 is 5.73 Å². The summed E-state index contributed by atoms with van der Waals surface area (Å²) in [7, 11) is -3.23. The zero-order valence-electron chi connectivity index (χ0n) is 10.9. The normalized spacial score (nSPS) is 13.9. The van der Waals surface area contributed by atoms with E-state index in [4.69, 9.17) is 5.73 Å². The van der Waals surface area contributed by atoms with Crippen LogP contribution in [0.3, 0.4) is 0 Å². The third-order valence-corrected chi connectivity index (χ3v) is 4.93. The monoisotopic (exact) mass is 335 g/mol. The van der Waals surface area contributed by atoms with E-state index >= 15 is 0 Å². The highest BCUT2D eigenvalue weighted by molar-refractivity contribution is 9.10. The van der Waals surface area contributed by atoms with Crippen molar-refractivity contribution in [1.82, 2.24) is 9.97 Å². The van der Waals surface area contributed by atoms with Crippen LogP contribution in [-0.2, 0) is 16.3 Å². The van der Waals surface area contributed by atoms with Gasteiger partial charge in [-0.25, -0.2) is 18.4 Å². The van der Waals surface area contributed by atoms with Crippen molar-refractivity contribution in [2.45, 2.75) is 32.4 Å². The molecule has 0 fully saturated rings. The third-order valence-electron chi connectivity index (χ3n) is 2.57. The maximum Gasteiger partial charge on any atom is 0.157 e. The molecular formula is C11H18BrN3O2S. The van der Waals surface area contributed by atoms with Crippen molar-refractivity contribution in [3.63, 3.8) is 0 Å².